The largest absolute Gasteiger partial charge is 0.408 e. The molecular formula is C14H21F3N4O3S. The molecule has 25 heavy (non-hydrogen) atoms. The van der Waals surface area contributed by atoms with Crippen molar-refractivity contribution in [3.63, 3.8) is 0 Å². The van der Waals surface area contributed by atoms with Crippen LogP contribution in [0.5, 0.6) is 0 Å². The number of aromatic nitrogens is 2. The van der Waals surface area contributed by atoms with E-state index in [1.165, 1.54) is 13.8 Å². The Bertz CT molecular complexity index is 773. The maximum atomic E-state index is 13.0. The van der Waals surface area contributed by atoms with Crippen molar-refractivity contribution in [2.45, 2.75) is 57.3 Å². The molecule has 1 aromatic heterocycles. The van der Waals surface area contributed by atoms with Gasteiger partial charge in [0.1, 0.15) is 11.4 Å². The van der Waals surface area contributed by atoms with Gasteiger partial charge in [-0.1, -0.05) is 0 Å². The fraction of sp³-hybridized carbons (Fsp3) is 0.714. The van der Waals surface area contributed by atoms with E-state index in [9.17, 15) is 26.4 Å². The number of carbonyl (C=O) groups excluding carboxylic acids is 1. The van der Waals surface area contributed by atoms with Crippen LogP contribution in [0.1, 0.15) is 31.2 Å². The lowest BCUT2D eigenvalue weighted by Gasteiger charge is -2.35. The summed E-state index contributed by atoms with van der Waals surface area (Å²) >= 11 is 0. The molecule has 142 valence electrons. The van der Waals surface area contributed by atoms with Crippen molar-refractivity contribution in [3.8, 4) is 0 Å². The average Bonchev–Trinajstić information content (AvgIpc) is 2.71. The van der Waals surface area contributed by atoms with Crippen molar-refractivity contribution < 1.29 is 26.4 Å². The molecule has 1 aromatic rings. The topological polar surface area (TPSA) is 98.3 Å². The molecule has 1 aliphatic heterocycles. The summed E-state index contributed by atoms with van der Waals surface area (Å²) in [6.07, 6.45) is -3.59. The highest BCUT2D eigenvalue weighted by molar-refractivity contribution is 7.89. The highest BCUT2D eigenvalue weighted by atomic mass is 32.2. The highest BCUT2D eigenvalue weighted by Crippen LogP contribution is 2.31. The number of piperidine rings is 1. The van der Waals surface area contributed by atoms with Crippen LogP contribution in [0, 0.1) is 19.8 Å². The van der Waals surface area contributed by atoms with Crippen LogP contribution in [0.3, 0.4) is 0 Å². The predicted molar refractivity (Wildman–Crippen MR) is 83.0 cm³/mol. The number of aryl methyl sites for hydroxylation is 1. The van der Waals surface area contributed by atoms with Crippen molar-refractivity contribution in [2.75, 3.05) is 6.54 Å². The van der Waals surface area contributed by atoms with E-state index in [0.717, 1.165) is 4.31 Å². The smallest absolute Gasteiger partial charge is 0.369 e. The van der Waals surface area contributed by atoms with E-state index in [-0.39, 0.29) is 28.9 Å². The molecule has 0 bridgehead atoms. The molecule has 0 aliphatic carbocycles. The van der Waals surface area contributed by atoms with E-state index in [1.807, 2.05) is 0 Å². The van der Waals surface area contributed by atoms with E-state index in [1.54, 1.807) is 6.92 Å². The minimum Gasteiger partial charge on any atom is -0.369 e. The summed E-state index contributed by atoms with van der Waals surface area (Å²) in [6, 6.07) is -0.384. The van der Waals surface area contributed by atoms with Crippen LogP contribution in [0.25, 0.3) is 0 Å². The SMILES string of the molecule is Cc1nn(CC(F)(F)F)c(C)c1S(=O)(=O)N1CC(C(N)=O)CCC1C. The zero-order valence-electron chi connectivity index (χ0n) is 14.2. The number of nitrogens with zero attached hydrogens (tertiary/aromatic N) is 3. The molecule has 2 rings (SSSR count). The maximum absolute atomic E-state index is 13.0. The first-order valence-electron chi connectivity index (χ1n) is 7.76. The van der Waals surface area contributed by atoms with Crippen LogP contribution in [-0.4, -0.2) is 47.2 Å². The third kappa shape index (κ3) is 3.97. The number of hydrogen-bond acceptors (Lipinski definition) is 4. The molecule has 0 saturated carbocycles. The Hall–Kier alpha value is -1.62. The maximum Gasteiger partial charge on any atom is 0.408 e. The Morgan fingerprint density at radius 1 is 1.32 bits per heavy atom. The first-order valence-corrected chi connectivity index (χ1v) is 9.20. The molecule has 2 heterocycles. The molecule has 7 nitrogen and oxygen atoms in total. The van der Waals surface area contributed by atoms with Crippen LogP contribution < -0.4 is 5.73 Å². The monoisotopic (exact) mass is 382 g/mol. The molecule has 2 unspecified atom stereocenters. The van der Waals surface area contributed by atoms with Gasteiger partial charge in [0.15, 0.2) is 0 Å². The van der Waals surface area contributed by atoms with Gasteiger partial charge >= 0.3 is 6.18 Å². The predicted octanol–water partition coefficient (Wildman–Crippen LogP) is 1.34. The van der Waals surface area contributed by atoms with E-state index < -0.39 is 34.6 Å². The van der Waals surface area contributed by atoms with Crippen LogP contribution in [0.2, 0.25) is 0 Å². The lowest BCUT2D eigenvalue weighted by molar-refractivity contribution is -0.143. The standard InChI is InChI=1S/C14H21F3N4O3S/c1-8-4-5-11(13(18)22)6-21(8)25(23,24)12-9(2)19-20(10(12)3)7-14(15,16)17/h8,11H,4-7H2,1-3H3,(H2,18,22). The van der Waals surface area contributed by atoms with Gasteiger partial charge in [-0.2, -0.15) is 22.6 Å². The molecule has 11 heteroatoms. The van der Waals surface area contributed by atoms with Gasteiger partial charge in [0.25, 0.3) is 0 Å². The lowest BCUT2D eigenvalue weighted by Crippen LogP contribution is -2.48. The van der Waals surface area contributed by atoms with Crippen molar-refractivity contribution >= 4 is 15.9 Å². The molecular weight excluding hydrogens is 361 g/mol. The summed E-state index contributed by atoms with van der Waals surface area (Å²) in [5.74, 6) is -1.20. The second-order valence-corrected chi connectivity index (χ2v) is 8.20. The van der Waals surface area contributed by atoms with Gasteiger partial charge in [-0.25, -0.2) is 8.42 Å². The molecule has 1 fully saturated rings. The fourth-order valence-corrected chi connectivity index (χ4v) is 5.22. The number of nitrogens with two attached hydrogens (primary N) is 1. The Morgan fingerprint density at radius 2 is 1.92 bits per heavy atom. The quantitative estimate of drug-likeness (QED) is 0.849. The van der Waals surface area contributed by atoms with Gasteiger partial charge in [0.05, 0.1) is 17.3 Å². The van der Waals surface area contributed by atoms with E-state index in [2.05, 4.69) is 5.10 Å². The van der Waals surface area contributed by atoms with Gasteiger partial charge in [-0.15, -0.1) is 0 Å². The van der Waals surface area contributed by atoms with Gasteiger partial charge < -0.3 is 5.73 Å². The number of carbonyl (C=O) groups is 1. The first kappa shape index (κ1) is 19.7. The van der Waals surface area contributed by atoms with Crippen LogP contribution in [0.4, 0.5) is 13.2 Å². The number of alkyl halides is 3. The van der Waals surface area contributed by atoms with Crippen LogP contribution in [0.15, 0.2) is 4.90 Å². The Balaban J connectivity index is 2.44. The number of sulfonamides is 1. The second-order valence-electron chi connectivity index (χ2n) is 6.37. The van der Waals surface area contributed by atoms with Gasteiger partial charge in [0, 0.05) is 12.6 Å². The zero-order valence-corrected chi connectivity index (χ0v) is 15.0. The number of halogens is 3. The Labute approximate surface area is 144 Å². The van der Waals surface area contributed by atoms with Gasteiger partial charge in [-0.05, 0) is 33.6 Å². The van der Waals surface area contributed by atoms with Crippen molar-refractivity contribution in [1.29, 1.82) is 0 Å². The normalized spacial score (nSPS) is 23.0. The molecule has 0 radical (unpaired) electrons. The lowest BCUT2D eigenvalue weighted by atomic mass is 9.95. The summed E-state index contributed by atoms with van der Waals surface area (Å²) in [5, 5.41) is 3.74. The second kappa shape index (κ2) is 6.60. The average molecular weight is 382 g/mol. The van der Waals surface area contributed by atoms with Crippen molar-refractivity contribution in [2.24, 2.45) is 11.7 Å². The molecule has 1 aliphatic rings. The summed E-state index contributed by atoms with van der Waals surface area (Å²) in [6.45, 7) is 2.89. The minimum atomic E-state index is -4.51. The number of amides is 1. The van der Waals surface area contributed by atoms with Crippen LogP contribution in [-0.2, 0) is 21.4 Å². The number of hydrogen-bond donors (Lipinski definition) is 1. The van der Waals surface area contributed by atoms with E-state index in [4.69, 9.17) is 5.73 Å². The molecule has 1 amide bonds. The summed E-state index contributed by atoms with van der Waals surface area (Å²) in [5.41, 5.74) is 5.20. The summed E-state index contributed by atoms with van der Waals surface area (Å²) < 4.78 is 65.8. The third-order valence-electron chi connectivity index (χ3n) is 4.44. The minimum absolute atomic E-state index is 0.00449. The molecule has 2 atom stereocenters. The third-order valence-corrected chi connectivity index (χ3v) is 6.67. The van der Waals surface area contributed by atoms with Gasteiger partial charge in [0.2, 0.25) is 15.9 Å². The molecule has 0 aromatic carbocycles. The Morgan fingerprint density at radius 3 is 2.44 bits per heavy atom. The molecule has 2 N–H and O–H groups in total. The van der Waals surface area contributed by atoms with Crippen molar-refractivity contribution in [3.05, 3.63) is 11.4 Å². The zero-order chi connectivity index (χ0) is 19.2. The van der Waals surface area contributed by atoms with E-state index >= 15 is 0 Å². The fourth-order valence-electron chi connectivity index (χ4n) is 3.14. The highest BCUT2D eigenvalue weighted by Gasteiger charge is 2.40. The van der Waals surface area contributed by atoms with Crippen molar-refractivity contribution in [1.82, 2.24) is 14.1 Å². The summed E-state index contributed by atoms with van der Waals surface area (Å²) in [4.78, 5) is 11.2. The molecule has 0 spiro atoms. The number of rotatable bonds is 4. The van der Waals surface area contributed by atoms with Crippen LogP contribution >= 0.6 is 0 Å². The Kier molecular flexibility index (Phi) is 5.20. The van der Waals surface area contributed by atoms with Gasteiger partial charge in [-0.3, -0.25) is 9.48 Å². The first-order chi connectivity index (χ1) is 11.3. The number of primary amides is 1. The molecule has 1 saturated heterocycles. The summed E-state index contributed by atoms with van der Waals surface area (Å²) in [7, 11) is -4.10. The van der Waals surface area contributed by atoms with E-state index in [0.29, 0.717) is 17.5 Å².